The molecule has 27 heavy (non-hydrogen) atoms. The number of aromatic carboxylic acids is 1. The predicted molar refractivity (Wildman–Crippen MR) is 111 cm³/mol. The quantitative estimate of drug-likeness (QED) is 0.468. The molecule has 0 amide bonds. The fourth-order valence-corrected chi connectivity index (χ4v) is 3.06. The Hall–Kier alpha value is -2.50. The maximum Gasteiger partial charge on any atom is 0.335 e. The number of benzene rings is 3. The molecule has 6 heteroatoms. The molecule has 0 aliphatic carbocycles. The summed E-state index contributed by atoms with van der Waals surface area (Å²) >= 11 is 9.39. The number of ether oxygens (including phenoxy) is 1. The number of rotatable bonds is 7. The molecule has 0 aliphatic heterocycles. The molecular formula is C21H17BrClNO3. The van der Waals surface area contributed by atoms with Gasteiger partial charge in [0.2, 0.25) is 0 Å². The van der Waals surface area contributed by atoms with Gasteiger partial charge in [0.05, 0.1) is 5.56 Å². The molecule has 0 saturated heterocycles. The summed E-state index contributed by atoms with van der Waals surface area (Å²) in [7, 11) is 0. The topological polar surface area (TPSA) is 58.6 Å². The van der Waals surface area contributed by atoms with Gasteiger partial charge in [0, 0.05) is 27.3 Å². The SMILES string of the molecule is O=C(O)c1cccc(NCc2cc(Br)ccc2OCc2ccc(Cl)cc2)c1. The first kappa shape index (κ1) is 19.3. The first-order valence-electron chi connectivity index (χ1n) is 8.24. The number of carboxylic acid groups (broad SMARTS) is 1. The third kappa shape index (κ3) is 5.49. The monoisotopic (exact) mass is 445 g/mol. The average molecular weight is 447 g/mol. The average Bonchev–Trinajstić information content (AvgIpc) is 2.67. The van der Waals surface area contributed by atoms with E-state index in [1.165, 1.54) is 0 Å². The largest absolute Gasteiger partial charge is 0.489 e. The van der Waals surface area contributed by atoms with Crippen LogP contribution in [0.5, 0.6) is 5.75 Å². The van der Waals surface area contributed by atoms with E-state index in [0.29, 0.717) is 18.2 Å². The smallest absolute Gasteiger partial charge is 0.335 e. The van der Waals surface area contributed by atoms with Crippen molar-refractivity contribution in [3.63, 3.8) is 0 Å². The molecule has 0 spiro atoms. The van der Waals surface area contributed by atoms with Crippen LogP contribution in [0.1, 0.15) is 21.5 Å². The Labute approximate surface area is 170 Å². The summed E-state index contributed by atoms with van der Waals surface area (Å²) in [4.78, 5) is 11.1. The second-order valence-corrected chi connectivity index (χ2v) is 7.26. The molecule has 0 saturated carbocycles. The van der Waals surface area contributed by atoms with Crippen LogP contribution in [0.2, 0.25) is 5.02 Å². The zero-order valence-electron chi connectivity index (χ0n) is 14.3. The summed E-state index contributed by atoms with van der Waals surface area (Å²) in [5.41, 5.74) is 2.96. The number of hydrogen-bond acceptors (Lipinski definition) is 3. The van der Waals surface area contributed by atoms with Crippen LogP contribution < -0.4 is 10.1 Å². The van der Waals surface area contributed by atoms with Crippen molar-refractivity contribution >= 4 is 39.2 Å². The minimum absolute atomic E-state index is 0.244. The van der Waals surface area contributed by atoms with Gasteiger partial charge in [0.25, 0.3) is 0 Å². The van der Waals surface area contributed by atoms with Crippen LogP contribution >= 0.6 is 27.5 Å². The van der Waals surface area contributed by atoms with E-state index in [1.54, 1.807) is 18.2 Å². The molecule has 0 unspecified atom stereocenters. The summed E-state index contributed by atoms with van der Waals surface area (Å²) in [5, 5.41) is 13.0. The highest BCUT2D eigenvalue weighted by Crippen LogP contribution is 2.25. The lowest BCUT2D eigenvalue weighted by molar-refractivity contribution is 0.0697. The summed E-state index contributed by atoms with van der Waals surface area (Å²) in [6, 6.07) is 20.0. The van der Waals surface area contributed by atoms with Crippen molar-refractivity contribution in [2.75, 3.05) is 5.32 Å². The van der Waals surface area contributed by atoms with Gasteiger partial charge >= 0.3 is 5.97 Å². The van der Waals surface area contributed by atoms with Gasteiger partial charge in [-0.2, -0.15) is 0 Å². The summed E-state index contributed by atoms with van der Waals surface area (Å²) < 4.78 is 6.91. The fraction of sp³-hybridized carbons (Fsp3) is 0.0952. The molecule has 4 nitrogen and oxygen atoms in total. The van der Waals surface area contributed by atoms with Gasteiger partial charge in [0.1, 0.15) is 12.4 Å². The highest BCUT2D eigenvalue weighted by molar-refractivity contribution is 9.10. The zero-order chi connectivity index (χ0) is 19.2. The number of nitrogens with one attached hydrogen (secondary N) is 1. The predicted octanol–water partition coefficient (Wildman–Crippen LogP) is 5.99. The molecule has 3 aromatic carbocycles. The molecule has 0 heterocycles. The van der Waals surface area contributed by atoms with Gasteiger partial charge in [-0.15, -0.1) is 0 Å². The minimum Gasteiger partial charge on any atom is -0.489 e. The van der Waals surface area contributed by atoms with E-state index in [-0.39, 0.29) is 5.56 Å². The number of hydrogen-bond donors (Lipinski definition) is 2. The Kier molecular flexibility index (Phi) is 6.37. The number of halogens is 2. The molecule has 3 rings (SSSR count). The second kappa shape index (κ2) is 8.93. The molecule has 3 aromatic rings. The van der Waals surface area contributed by atoms with Crippen LogP contribution in [-0.2, 0) is 13.2 Å². The highest BCUT2D eigenvalue weighted by atomic mass is 79.9. The van der Waals surface area contributed by atoms with E-state index in [1.807, 2.05) is 48.5 Å². The fourth-order valence-electron chi connectivity index (χ4n) is 2.53. The van der Waals surface area contributed by atoms with Crippen LogP contribution in [0.3, 0.4) is 0 Å². The highest BCUT2D eigenvalue weighted by Gasteiger charge is 2.07. The van der Waals surface area contributed by atoms with Crippen LogP contribution in [-0.4, -0.2) is 11.1 Å². The van der Waals surface area contributed by atoms with E-state index in [4.69, 9.17) is 21.4 Å². The summed E-state index contributed by atoms with van der Waals surface area (Å²) in [6.07, 6.45) is 0. The van der Waals surface area contributed by atoms with Crippen LogP contribution in [0, 0.1) is 0 Å². The van der Waals surface area contributed by atoms with E-state index >= 15 is 0 Å². The van der Waals surface area contributed by atoms with Gasteiger partial charge in [-0.25, -0.2) is 4.79 Å². The Balaban J connectivity index is 1.71. The van der Waals surface area contributed by atoms with Crippen molar-refractivity contribution in [3.8, 4) is 5.75 Å². The van der Waals surface area contributed by atoms with E-state index < -0.39 is 5.97 Å². The van der Waals surface area contributed by atoms with Gasteiger partial charge in [-0.1, -0.05) is 45.7 Å². The van der Waals surface area contributed by atoms with E-state index in [2.05, 4.69) is 21.2 Å². The van der Waals surface area contributed by atoms with Crippen molar-refractivity contribution in [1.29, 1.82) is 0 Å². The lowest BCUT2D eigenvalue weighted by Crippen LogP contribution is -2.05. The lowest BCUT2D eigenvalue weighted by atomic mass is 10.1. The van der Waals surface area contributed by atoms with Gasteiger partial charge in [-0.05, 0) is 54.1 Å². The maximum absolute atomic E-state index is 11.1. The Morgan fingerprint density at radius 2 is 1.85 bits per heavy atom. The molecule has 138 valence electrons. The second-order valence-electron chi connectivity index (χ2n) is 5.91. The molecule has 0 aliphatic rings. The molecule has 0 bridgehead atoms. The minimum atomic E-state index is -0.951. The first-order chi connectivity index (χ1) is 13.0. The number of carbonyl (C=O) groups is 1. The Morgan fingerprint density at radius 1 is 1.07 bits per heavy atom. The van der Waals surface area contributed by atoms with Crippen LogP contribution in [0.15, 0.2) is 71.2 Å². The third-order valence-electron chi connectivity index (χ3n) is 3.92. The maximum atomic E-state index is 11.1. The normalized spacial score (nSPS) is 10.4. The zero-order valence-corrected chi connectivity index (χ0v) is 16.6. The van der Waals surface area contributed by atoms with Crippen molar-refractivity contribution in [2.45, 2.75) is 13.2 Å². The van der Waals surface area contributed by atoms with E-state index in [0.717, 1.165) is 27.0 Å². The van der Waals surface area contributed by atoms with Crippen molar-refractivity contribution < 1.29 is 14.6 Å². The summed E-state index contributed by atoms with van der Waals surface area (Å²) in [6.45, 7) is 0.929. The van der Waals surface area contributed by atoms with Crippen LogP contribution in [0.4, 0.5) is 5.69 Å². The molecule has 0 atom stereocenters. The molecule has 0 fully saturated rings. The van der Waals surface area contributed by atoms with Crippen molar-refractivity contribution in [2.24, 2.45) is 0 Å². The molecule has 2 N–H and O–H groups in total. The van der Waals surface area contributed by atoms with E-state index in [9.17, 15) is 4.79 Å². The molecule has 0 aromatic heterocycles. The van der Waals surface area contributed by atoms with Crippen LogP contribution in [0.25, 0.3) is 0 Å². The Morgan fingerprint density at radius 3 is 2.59 bits per heavy atom. The molecule has 0 radical (unpaired) electrons. The van der Waals surface area contributed by atoms with Gasteiger partial charge in [0.15, 0.2) is 0 Å². The van der Waals surface area contributed by atoms with Crippen molar-refractivity contribution in [3.05, 3.63) is 92.9 Å². The number of anilines is 1. The first-order valence-corrected chi connectivity index (χ1v) is 9.41. The Bertz CT molecular complexity index is 944. The van der Waals surface area contributed by atoms with Crippen molar-refractivity contribution in [1.82, 2.24) is 0 Å². The number of carboxylic acids is 1. The summed E-state index contributed by atoms with van der Waals surface area (Å²) in [5.74, 6) is -0.192. The van der Waals surface area contributed by atoms with Gasteiger partial charge < -0.3 is 15.2 Å². The molecular weight excluding hydrogens is 430 g/mol. The van der Waals surface area contributed by atoms with Gasteiger partial charge in [-0.3, -0.25) is 0 Å². The lowest BCUT2D eigenvalue weighted by Gasteiger charge is -2.14. The standard InChI is InChI=1S/C21H17BrClNO3/c22-17-6-9-20(27-13-14-4-7-18(23)8-5-14)16(10-17)12-24-19-3-1-2-15(11-19)21(25)26/h1-11,24H,12-13H2,(H,25,26). The third-order valence-corrected chi connectivity index (χ3v) is 4.67.